The van der Waals surface area contributed by atoms with Crippen molar-refractivity contribution in [3.63, 3.8) is 0 Å². The number of fused-ring (bicyclic) bond motifs is 2. The number of hydrogen-bond donors (Lipinski definition) is 3. The van der Waals surface area contributed by atoms with Gasteiger partial charge in [-0.15, -0.1) is 10.2 Å². The van der Waals surface area contributed by atoms with Crippen LogP contribution >= 0.6 is 71.0 Å². The molecule has 1 fully saturated rings. The summed E-state index contributed by atoms with van der Waals surface area (Å²) in [5.41, 5.74) is 14.5. The van der Waals surface area contributed by atoms with Crippen molar-refractivity contribution in [3.8, 4) is 55.9 Å². The minimum Gasteiger partial charge on any atom is -0.399 e. The SMILES string of the molecule is Brc1ccc(-c2ccc(-n3ccnn3)cc2)cc1.Brc1ccc(-c2ccc(Br)cc2)cc1.CC1(C)OB(c2cc3c(cc2Cl)NC(=O)C3)OC1(C)C.O=C1Cc2cc(-c3ccc(-c4ccc(-n5ccnn5)cc4)cc3)c(Cl)cc2N1.c1cn[nH]n1. The second-order valence-electron chi connectivity index (χ2n) is 20.6. The predicted octanol–water partition coefficient (Wildman–Crippen LogP) is 15.3. The highest BCUT2D eigenvalue weighted by Gasteiger charge is 2.52. The van der Waals surface area contributed by atoms with Crippen molar-refractivity contribution in [2.45, 2.75) is 51.7 Å². The van der Waals surface area contributed by atoms with E-state index in [1.165, 1.54) is 22.3 Å². The summed E-state index contributed by atoms with van der Waals surface area (Å²) in [6.07, 6.45) is 10.9. The first-order chi connectivity index (χ1) is 40.9. The highest BCUT2D eigenvalue weighted by molar-refractivity contribution is 9.11. The molecule has 3 N–H and O–H groups in total. The van der Waals surface area contributed by atoms with Gasteiger partial charge < -0.3 is 19.9 Å². The minimum atomic E-state index is -0.506. The second-order valence-corrected chi connectivity index (χ2v) is 24.2. The number of nitrogens with one attached hydrogen (secondary N) is 3. The molecule has 3 aliphatic heterocycles. The monoisotopic (exact) mass is 1360 g/mol. The van der Waals surface area contributed by atoms with Crippen LogP contribution in [0.1, 0.15) is 38.8 Å². The van der Waals surface area contributed by atoms with Crippen LogP contribution < -0.4 is 16.1 Å². The molecule has 6 heterocycles. The van der Waals surface area contributed by atoms with E-state index in [9.17, 15) is 9.59 Å². The van der Waals surface area contributed by atoms with Gasteiger partial charge in [0, 0.05) is 40.8 Å². The number of aromatic nitrogens is 9. The number of hydrogen-bond acceptors (Lipinski definition) is 10. The Kier molecular flexibility index (Phi) is 19.1. The quantitative estimate of drug-likeness (QED) is 0.130. The van der Waals surface area contributed by atoms with Gasteiger partial charge >= 0.3 is 7.12 Å². The van der Waals surface area contributed by atoms with Gasteiger partial charge in [-0.05, 0) is 157 Å². The Morgan fingerprint density at radius 1 is 0.471 bits per heavy atom. The summed E-state index contributed by atoms with van der Waals surface area (Å²) in [6.45, 7) is 8.00. The van der Waals surface area contributed by atoms with E-state index in [4.69, 9.17) is 32.5 Å². The molecule has 3 aliphatic rings. The lowest BCUT2D eigenvalue weighted by Gasteiger charge is -2.32. The molecule has 15 nitrogen and oxygen atoms in total. The molecule has 85 heavy (non-hydrogen) atoms. The number of benzene rings is 8. The van der Waals surface area contributed by atoms with E-state index in [2.05, 4.69) is 204 Å². The lowest BCUT2D eigenvalue weighted by molar-refractivity contribution is -0.115. The van der Waals surface area contributed by atoms with Crippen molar-refractivity contribution in [3.05, 3.63) is 242 Å². The van der Waals surface area contributed by atoms with Gasteiger partial charge in [-0.25, -0.2) is 9.36 Å². The van der Waals surface area contributed by atoms with Crippen molar-refractivity contribution < 1.29 is 18.9 Å². The molecule has 0 spiro atoms. The molecule has 426 valence electrons. The smallest absolute Gasteiger partial charge is 0.399 e. The summed E-state index contributed by atoms with van der Waals surface area (Å²) < 4.78 is 18.8. The Morgan fingerprint density at radius 3 is 1.19 bits per heavy atom. The third-order valence-electron chi connectivity index (χ3n) is 14.3. The number of amides is 2. The molecule has 0 radical (unpaired) electrons. The van der Waals surface area contributed by atoms with Gasteiger partial charge in [-0.3, -0.25) is 9.59 Å². The molecule has 0 saturated carbocycles. The molecule has 11 aromatic rings. The van der Waals surface area contributed by atoms with E-state index in [0.29, 0.717) is 22.9 Å². The summed E-state index contributed by atoms with van der Waals surface area (Å²) in [5, 5.41) is 31.7. The van der Waals surface area contributed by atoms with Crippen LogP contribution in [0.5, 0.6) is 0 Å². The Hall–Kier alpha value is -7.88. The molecule has 8 aromatic carbocycles. The molecule has 0 bridgehead atoms. The van der Waals surface area contributed by atoms with Gasteiger partial charge in [-0.1, -0.05) is 172 Å². The van der Waals surface area contributed by atoms with Gasteiger partial charge in [0.25, 0.3) is 0 Å². The van der Waals surface area contributed by atoms with Crippen LogP contribution in [0.4, 0.5) is 11.4 Å². The molecular formula is C64H53BBr3Cl2N11O4. The Bertz CT molecular complexity index is 3960. The summed E-state index contributed by atoms with van der Waals surface area (Å²) in [4.78, 5) is 23.0. The zero-order valence-corrected chi connectivity index (χ0v) is 52.5. The maximum absolute atomic E-state index is 11.6. The van der Waals surface area contributed by atoms with E-state index in [1.807, 2.05) is 94.7 Å². The van der Waals surface area contributed by atoms with Crippen LogP contribution in [-0.4, -0.2) is 75.5 Å². The number of anilines is 2. The average Bonchev–Trinajstić information content (AvgIpc) is 2.20. The lowest BCUT2D eigenvalue weighted by atomic mass is 9.78. The molecule has 3 aromatic heterocycles. The molecule has 0 unspecified atom stereocenters. The van der Waals surface area contributed by atoms with Crippen LogP contribution in [-0.2, 0) is 31.7 Å². The van der Waals surface area contributed by atoms with Gasteiger partial charge in [0.1, 0.15) is 0 Å². The van der Waals surface area contributed by atoms with Crippen molar-refractivity contribution in [1.82, 2.24) is 45.4 Å². The lowest BCUT2D eigenvalue weighted by Crippen LogP contribution is -2.41. The first-order valence-electron chi connectivity index (χ1n) is 26.7. The standard InChI is InChI=1S/C22H15ClN4O.C14H17BClNO3.C14H10BrN3.C12H8Br2.C2H3N3/c23-20-13-21-17(12-22(28)25-21)11-19(20)16-3-1-14(2-4-16)15-5-7-18(8-6-15)27-10-9-24-26-27;1-13(2)14(3,4)20-15(19-13)9-5-8-6-12(18)17-11(8)7-10(9)16;15-13-5-1-11(2-6-13)12-3-7-14(8-4-12)18-10-9-16-17-18;13-11-5-1-9(2-6-11)10-3-7-12(14)8-4-10;1-2-4-5-3-1/h1-11,13H,12H2,(H,25,28);5,7H,6H2,1-4H3,(H,17,18);1-10H;1-8H;1-2H,(H,3,4,5). The Morgan fingerprint density at radius 2 is 0.824 bits per heavy atom. The largest absolute Gasteiger partial charge is 0.496 e. The number of carbonyl (C=O) groups excluding carboxylic acids is 2. The molecule has 14 rings (SSSR count). The first-order valence-corrected chi connectivity index (χ1v) is 29.8. The van der Waals surface area contributed by atoms with Crippen molar-refractivity contribution in [2.24, 2.45) is 0 Å². The van der Waals surface area contributed by atoms with Crippen LogP contribution in [0.3, 0.4) is 0 Å². The summed E-state index contributed by atoms with van der Waals surface area (Å²) in [6, 6.07) is 57.0. The van der Waals surface area contributed by atoms with E-state index < -0.39 is 18.3 Å². The molecule has 21 heteroatoms. The van der Waals surface area contributed by atoms with Gasteiger partial charge in [0.05, 0.1) is 77.6 Å². The van der Waals surface area contributed by atoms with E-state index in [0.717, 1.165) is 75.0 Å². The fraction of sp³-hybridized carbons (Fsp3) is 0.125. The number of aromatic amines is 1. The highest BCUT2D eigenvalue weighted by Crippen LogP contribution is 2.39. The highest BCUT2D eigenvalue weighted by atomic mass is 79.9. The maximum Gasteiger partial charge on any atom is 0.496 e. The number of rotatable bonds is 7. The van der Waals surface area contributed by atoms with Crippen molar-refractivity contribution in [2.75, 3.05) is 10.6 Å². The minimum absolute atomic E-state index is 0.00732. The van der Waals surface area contributed by atoms with Gasteiger partial charge in [0.2, 0.25) is 11.8 Å². The first kappa shape index (κ1) is 60.3. The Labute approximate surface area is 527 Å². The second kappa shape index (κ2) is 27.0. The topological polar surface area (TPSA) is 180 Å². The zero-order valence-electron chi connectivity index (χ0n) is 46.2. The third kappa shape index (κ3) is 15.2. The van der Waals surface area contributed by atoms with Crippen molar-refractivity contribution >= 4 is 107 Å². The van der Waals surface area contributed by atoms with Crippen molar-refractivity contribution in [1.29, 1.82) is 0 Å². The van der Waals surface area contributed by atoms with Crippen LogP contribution in [0.15, 0.2) is 220 Å². The number of H-pyrrole nitrogens is 1. The predicted molar refractivity (Wildman–Crippen MR) is 347 cm³/mol. The Balaban J connectivity index is 0.000000126. The molecule has 0 aliphatic carbocycles. The summed E-state index contributed by atoms with van der Waals surface area (Å²) in [7, 11) is -0.506. The van der Waals surface area contributed by atoms with E-state index >= 15 is 0 Å². The molecule has 2 amide bonds. The fourth-order valence-electron chi connectivity index (χ4n) is 9.13. The van der Waals surface area contributed by atoms with Crippen LogP contribution in [0, 0.1) is 0 Å². The number of carbonyl (C=O) groups is 2. The molecule has 1 saturated heterocycles. The van der Waals surface area contributed by atoms with Crippen LogP contribution in [0.2, 0.25) is 10.0 Å². The van der Waals surface area contributed by atoms with Gasteiger partial charge in [-0.2, -0.15) is 15.4 Å². The number of halogens is 5. The normalized spacial score (nSPS) is 13.9. The summed E-state index contributed by atoms with van der Waals surface area (Å²) >= 11 is 23.0. The van der Waals surface area contributed by atoms with Crippen LogP contribution in [0.25, 0.3) is 55.9 Å². The zero-order chi connectivity index (χ0) is 59.7. The summed E-state index contributed by atoms with van der Waals surface area (Å²) in [5.74, 6) is -0.00459. The third-order valence-corrected chi connectivity index (χ3v) is 16.6. The number of nitrogens with zero attached hydrogens (tertiary/aromatic N) is 8. The van der Waals surface area contributed by atoms with E-state index in [-0.39, 0.29) is 11.8 Å². The maximum atomic E-state index is 11.6. The fourth-order valence-corrected chi connectivity index (χ4v) is 10.4. The van der Waals surface area contributed by atoms with E-state index in [1.54, 1.807) is 40.2 Å². The molecule has 0 atom stereocenters. The molecular weight excluding hydrogens is 1310 g/mol. The average molecular weight is 1360 g/mol. The van der Waals surface area contributed by atoms with Gasteiger partial charge in [0.15, 0.2) is 0 Å².